The molecular weight excluding hydrogens is 190 g/mol. The maximum absolute atomic E-state index is 4.46. The first-order valence-electron chi connectivity index (χ1n) is 5.36. The van der Waals surface area contributed by atoms with Crippen LogP contribution in [0.1, 0.15) is 20.3 Å². The minimum Gasteiger partial charge on any atom is -0.356 e. The van der Waals surface area contributed by atoms with Crippen molar-refractivity contribution < 1.29 is 0 Å². The van der Waals surface area contributed by atoms with E-state index in [4.69, 9.17) is 0 Å². The highest BCUT2D eigenvalue weighted by molar-refractivity contribution is 5.99. The van der Waals surface area contributed by atoms with Crippen LogP contribution in [0, 0.1) is 0 Å². The summed E-state index contributed by atoms with van der Waals surface area (Å²) in [5.41, 5.74) is 0. The number of hydrogen-bond donors (Lipinski definition) is 1. The third-order valence-electron chi connectivity index (χ3n) is 2.16. The van der Waals surface area contributed by atoms with Crippen LogP contribution in [0.15, 0.2) is 9.98 Å². The van der Waals surface area contributed by atoms with E-state index < -0.39 is 0 Å². The summed E-state index contributed by atoms with van der Waals surface area (Å²) in [4.78, 5) is 12.9. The van der Waals surface area contributed by atoms with Gasteiger partial charge in [-0.1, -0.05) is 6.92 Å². The molecule has 5 nitrogen and oxygen atoms in total. The van der Waals surface area contributed by atoms with Gasteiger partial charge >= 0.3 is 0 Å². The standard InChI is InChI=1S/C10H21N5/c1-6-7-11-9-12-8(2)13-10(14(3)4)15(9)5/h8H,6-7H2,1-5H3,(H,11,12). The van der Waals surface area contributed by atoms with E-state index in [9.17, 15) is 0 Å². The van der Waals surface area contributed by atoms with Crippen molar-refractivity contribution >= 4 is 11.9 Å². The fourth-order valence-corrected chi connectivity index (χ4v) is 1.46. The first-order valence-corrected chi connectivity index (χ1v) is 5.36. The summed E-state index contributed by atoms with van der Waals surface area (Å²) >= 11 is 0. The van der Waals surface area contributed by atoms with Crippen LogP contribution in [0.3, 0.4) is 0 Å². The fraction of sp³-hybridized carbons (Fsp3) is 0.800. The Morgan fingerprint density at radius 2 is 2.07 bits per heavy atom. The summed E-state index contributed by atoms with van der Waals surface area (Å²) in [6.07, 6.45) is 1.09. The maximum atomic E-state index is 4.46. The van der Waals surface area contributed by atoms with Crippen LogP contribution in [0.25, 0.3) is 0 Å². The van der Waals surface area contributed by atoms with Crippen LogP contribution in [0.5, 0.6) is 0 Å². The van der Waals surface area contributed by atoms with Crippen LogP contribution < -0.4 is 5.32 Å². The van der Waals surface area contributed by atoms with Crippen LogP contribution in [-0.2, 0) is 0 Å². The number of guanidine groups is 2. The fourth-order valence-electron chi connectivity index (χ4n) is 1.46. The Hall–Kier alpha value is -1.26. The first-order chi connectivity index (χ1) is 7.06. The van der Waals surface area contributed by atoms with Crippen molar-refractivity contribution in [2.24, 2.45) is 9.98 Å². The molecule has 15 heavy (non-hydrogen) atoms. The van der Waals surface area contributed by atoms with Gasteiger partial charge in [0.05, 0.1) is 0 Å². The highest BCUT2D eigenvalue weighted by atomic mass is 15.4. The van der Waals surface area contributed by atoms with Gasteiger partial charge in [-0.2, -0.15) is 0 Å². The van der Waals surface area contributed by atoms with Gasteiger partial charge in [0.1, 0.15) is 6.17 Å². The molecule has 1 aliphatic heterocycles. The molecule has 0 spiro atoms. The highest BCUT2D eigenvalue weighted by Gasteiger charge is 2.20. The second-order valence-electron chi connectivity index (χ2n) is 3.89. The molecule has 0 amide bonds. The second kappa shape index (κ2) is 5.00. The number of aliphatic imine (C=N–C) groups is 2. The molecule has 1 N–H and O–H groups in total. The summed E-state index contributed by atoms with van der Waals surface area (Å²) in [5.74, 6) is 1.85. The van der Waals surface area contributed by atoms with Crippen molar-refractivity contribution in [2.75, 3.05) is 27.7 Å². The van der Waals surface area contributed by atoms with E-state index in [0.29, 0.717) is 0 Å². The quantitative estimate of drug-likeness (QED) is 0.725. The lowest BCUT2D eigenvalue weighted by atomic mass is 10.4. The predicted octanol–water partition coefficient (Wildman–Crippen LogP) is 0.551. The summed E-state index contributed by atoms with van der Waals surface area (Å²) < 4.78 is 0. The molecular formula is C10H21N5. The van der Waals surface area contributed by atoms with Crippen LogP contribution >= 0.6 is 0 Å². The third-order valence-corrected chi connectivity index (χ3v) is 2.16. The van der Waals surface area contributed by atoms with Gasteiger partial charge in [0.2, 0.25) is 11.9 Å². The van der Waals surface area contributed by atoms with E-state index in [1.165, 1.54) is 0 Å². The minimum absolute atomic E-state index is 0.00189. The zero-order chi connectivity index (χ0) is 11.4. The van der Waals surface area contributed by atoms with E-state index in [-0.39, 0.29) is 6.17 Å². The summed E-state index contributed by atoms with van der Waals surface area (Å²) in [6, 6.07) is 0. The van der Waals surface area contributed by atoms with Crippen molar-refractivity contribution in [3.63, 3.8) is 0 Å². The van der Waals surface area contributed by atoms with Crippen molar-refractivity contribution in [2.45, 2.75) is 26.4 Å². The molecule has 0 aromatic carbocycles. The van der Waals surface area contributed by atoms with Gasteiger partial charge in [0.15, 0.2) is 0 Å². The summed E-state index contributed by atoms with van der Waals surface area (Å²) in [7, 11) is 5.96. The van der Waals surface area contributed by atoms with Crippen LogP contribution in [0.4, 0.5) is 0 Å². The van der Waals surface area contributed by atoms with E-state index in [2.05, 4.69) is 22.2 Å². The number of nitrogens with zero attached hydrogens (tertiary/aromatic N) is 4. The predicted molar refractivity (Wildman–Crippen MR) is 64.1 cm³/mol. The monoisotopic (exact) mass is 211 g/mol. The largest absolute Gasteiger partial charge is 0.356 e. The average molecular weight is 211 g/mol. The smallest absolute Gasteiger partial charge is 0.204 e. The lowest BCUT2D eigenvalue weighted by Crippen LogP contribution is -2.50. The molecule has 1 atom stereocenters. The lowest BCUT2D eigenvalue weighted by Gasteiger charge is -2.31. The molecule has 86 valence electrons. The molecule has 0 aliphatic carbocycles. The van der Waals surface area contributed by atoms with Gasteiger partial charge in [-0.05, 0) is 13.3 Å². The zero-order valence-corrected chi connectivity index (χ0v) is 10.3. The first kappa shape index (κ1) is 11.8. The molecule has 1 unspecified atom stereocenters. The van der Waals surface area contributed by atoms with E-state index >= 15 is 0 Å². The van der Waals surface area contributed by atoms with Gasteiger partial charge in [0.25, 0.3) is 0 Å². The lowest BCUT2D eigenvalue weighted by molar-refractivity contribution is 0.491. The molecule has 0 fully saturated rings. The van der Waals surface area contributed by atoms with Gasteiger partial charge in [0, 0.05) is 27.7 Å². The summed E-state index contributed by atoms with van der Waals surface area (Å²) in [5, 5.41) is 3.30. The number of rotatable bonds is 2. The van der Waals surface area contributed by atoms with Crippen molar-refractivity contribution in [1.82, 2.24) is 15.1 Å². The van der Waals surface area contributed by atoms with Gasteiger partial charge < -0.3 is 10.2 Å². The average Bonchev–Trinajstić information content (AvgIpc) is 2.18. The maximum Gasteiger partial charge on any atom is 0.204 e. The molecule has 0 aromatic heterocycles. The molecule has 5 heteroatoms. The Kier molecular flexibility index (Phi) is 3.94. The van der Waals surface area contributed by atoms with E-state index in [1.807, 2.05) is 37.9 Å². The van der Waals surface area contributed by atoms with Gasteiger partial charge in [-0.25, -0.2) is 9.98 Å². The van der Waals surface area contributed by atoms with Crippen molar-refractivity contribution in [3.8, 4) is 0 Å². The number of hydrogen-bond acceptors (Lipinski definition) is 5. The highest BCUT2D eigenvalue weighted by Crippen LogP contribution is 2.06. The molecule has 1 aliphatic rings. The van der Waals surface area contributed by atoms with Gasteiger partial charge in [-0.15, -0.1) is 0 Å². The SMILES string of the molecule is CCCNC1=NC(C)N=C(N(C)C)N1C. The summed E-state index contributed by atoms with van der Waals surface area (Å²) in [6.45, 7) is 5.07. The normalized spacial score (nSPS) is 20.9. The Labute approximate surface area is 91.9 Å². The van der Waals surface area contributed by atoms with E-state index in [1.54, 1.807) is 0 Å². The van der Waals surface area contributed by atoms with Crippen molar-refractivity contribution in [1.29, 1.82) is 0 Å². The topological polar surface area (TPSA) is 43.2 Å². The molecule has 0 saturated heterocycles. The van der Waals surface area contributed by atoms with Crippen LogP contribution in [0.2, 0.25) is 0 Å². The minimum atomic E-state index is -0.00189. The Balaban J connectivity index is 2.74. The van der Waals surface area contributed by atoms with E-state index in [0.717, 1.165) is 24.9 Å². The molecule has 0 aromatic rings. The molecule has 0 radical (unpaired) electrons. The second-order valence-corrected chi connectivity index (χ2v) is 3.89. The number of nitrogens with one attached hydrogen (secondary N) is 1. The molecule has 1 heterocycles. The third kappa shape index (κ3) is 2.84. The Morgan fingerprint density at radius 3 is 2.60 bits per heavy atom. The van der Waals surface area contributed by atoms with Gasteiger partial charge in [-0.3, -0.25) is 4.90 Å². The molecule has 1 rings (SSSR count). The van der Waals surface area contributed by atoms with Crippen molar-refractivity contribution in [3.05, 3.63) is 0 Å². The van der Waals surface area contributed by atoms with Crippen LogP contribution in [-0.4, -0.2) is 55.6 Å². The Morgan fingerprint density at radius 1 is 1.40 bits per heavy atom. The zero-order valence-electron chi connectivity index (χ0n) is 10.3. The molecule has 0 saturated carbocycles. The molecule has 0 bridgehead atoms. The Bertz CT molecular complexity index is 269.